The molecule has 6 nitrogen and oxygen atoms in total. The van der Waals surface area contributed by atoms with Crippen LogP contribution < -0.4 is 0 Å². The number of cyclic esters (lactones) is 1. The summed E-state index contributed by atoms with van der Waals surface area (Å²) in [5.41, 5.74) is -1.03. The molecule has 0 aromatic carbocycles. The van der Waals surface area contributed by atoms with Crippen LogP contribution in [0.2, 0.25) is 0 Å². The topological polar surface area (TPSA) is 78.9 Å². The minimum absolute atomic E-state index is 0.0890. The number of thioether (sulfide) groups is 1. The summed E-state index contributed by atoms with van der Waals surface area (Å²) >= 11 is 1.58. The molecule has 0 radical (unpaired) electrons. The molecule has 172 valence electrons. The highest BCUT2D eigenvalue weighted by molar-refractivity contribution is 7.98. The number of ether oxygens (including phenoxy) is 3. The van der Waals surface area contributed by atoms with Crippen LogP contribution in [0.15, 0.2) is 0 Å². The van der Waals surface area contributed by atoms with E-state index in [4.69, 9.17) is 14.2 Å². The van der Waals surface area contributed by atoms with Gasteiger partial charge >= 0.3 is 17.9 Å². The molecule has 1 heterocycles. The lowest BCUT2D eigenvalue weighted by atomic mass is 9.69. The first-order valence-electron chi connectivity index (χ1n) is 11.0. The standard InChI is InChI=1S/C23H38O6S/c1-8-15-9-16-11-17(10-15)20(25)28-14(2)19(16)29-18(24)12-27-21(26)23(6,13-30-7)22(3,4)5/h14-17,19H,8-13H2,1-7H3. The SMILES string of the molecule is CCC1CC2CC(C1)C(OC(=O)COC(=O)C(C)(CSC)C(C)(C)C)C(C)OC2=O. The Morgan fingerprint density at radius 3 is 2.40 bits per heavy atom. The molecule has 30 heavy (non-hydrogen) atoms. The molecule has 1 saturated heterocycles. The minimum atomic E-state index is -0.719. The fourth-order valence-corrected chi connectivity index (χ4v) is 5.67. The van der Waals surface area contributed by atoms with Crippen LogP contribution in [0, 0.1) is 28.6 Å². The van der Waals surface area contributed by atoms with Gasteiger partial charge in [-0.05, 0) is 50.7 Å². The van der Waals surface area contributed by atoms with E-state index in [0.29, 0.717) is 18.1 Å². The zero-order chi connectivity index (χ0) is 22.7. The highest BCUT2D eigenvalue weighted by Gasteiger charge is 2.47. The maximum Gasteiger partial charge on any atom is 0.344 e. The molecular weight excluding hydrogens is 404 g/mol. The van der Waals surface area contributed by atoms with E-state index < -0.39 is 36.2 Å². The van der Waals surface area contributed by atoms with E-state index >= 15 is 0 Å². The number of fused-ring (bicyclic) bond motifs is 2. The van der Waals surface area contributed by atoms with Crippen LogP contribution in [0.25, 0.3) is 0 Å². The van der Waals surface area contributed by atoms with E-state index in [0.717, 1.165) is 19.3 Å². The maximum atomic E-state index is 12.8. The Kier molecular flexibility index (Phi) is 8.28. The highest BCUT2D eigenvalue weighted by Crippen LogP contribution is 2.43. The summed E-state index contributed by atoms with van der Waals surface area (Å²) in [7, 11) is 0. The van der Waals surface area contributed by atoms with Crippen LogP contribution in [-0.4, -0.2) is 48.7 Å². The molecule has 2 rings (SSSR count). The number of hydrogen-bond acceptors (Lipinski definition) is 7. The van der Waals surface area contributed by atoms with Crippen molar-refractivity contribution in [1.29, 1.82) is 0 Å². The predicted octanol–water partition coefficient (Wildman–Crippen LogP) is 4.24. The van der Waals surface area contributed by atoms with E-state index in [1.165, 1.54) is 0 Å². The first-order chi connectivity index (χ1) is 13.9. The molecule has 0 amide bonds. The average Bonchev–Trinajstić information content (AvgIpc) is 2.75. The van der Waals surface area contributed by atoms with Crippen molar-refractivity contribution in [2.24, 2.45) is 28.6 Å². The van der Waals surface area contributed by atoms with Gasteiger partial charge in [0.05, 0.1) is 11.3 Å². The van der Waals surface area contributed by atoms with Gasteiger partial charge in [-0.25, -0.2) is 4.79 Å². The van der Waals surface area contributed by atoms with Crippen molar-refractivity contribution in [2.75, 3.05) is 18.6 Å². The van der Waals surface area contributed by atoms with Gasteiger partial charge in [-0.2, -0.15) is 11.8 Å². The van der Waals surface area contributed by atoms with Gasteiger partial charge in [0, 0.05) is 11.7 Å². The van der Waals surface area contributed by atoms with Crippen molar-refractivity contribution in [3.05, 3.63) is 0 Å². The van der Waals surface area contributed by atoms with Gasteiger partial charge in [0.2, 0.25) is 0 Å². The number of esters is 3. The Balaban J connectivity index is 2.02. The van der Waals surface area contributed by atoms with Gasteiger partial charge in [-0.15, -0.1) is 0 Å². The van der Waals surface area contributed by atoms with E-state index in [9.17, 15) is 14.4 Å². The van der Waals surface area contributed by atoms with Gasteiger partial charge in [0.1, 0.15) is 12.2 Å². The van der Waals surface area contributed by atoms with Crippen molar-refractivity contribution < 1.29 is 28.6 Å². The van der Waals surface area contributed by atoms with Crippen LogP contribution >= 0.6 is 11.8 Å². The lowest BCUT2D eigenvalue weighted by Crippen LogP contribution is -2.45. The molecule has 0 aromatic rings. The molecule has 6 atom stereocenters. The second kappa shape index (κ2) is 9.92. The second-order valence-electron chi connectivity index (χ2n) is 10.1. The third-order valence-corrected chi connectivity index (χ3v) is 7.97. The Morgan fingerprint density at radius 1 is 1.17 bits per heavy atom. The van der Waals surface area contributed by atoms with Crippen LogP contribution in [0.5, 0.6) is 0 Å². The fourth-order valence-electron chi connectivity index (χ4n) is 4.54. The van der Waals surface area contributed by atoms with Crippen molar-refractivity contribution in [3.63, 3.8) is 0 Å². The van der Waals surface area contributed by atoms with E-state index in [2.05, 4.69) is 6.92 Å². The third kappa shape index (κ3) is 5.51. The van der Waals surface area contributed by atoms with Crippen molar-refractivity contribution in [1.82, 2.24) is 0 Å². The van der Waals surface area contributed by atoms with E-state index in [-0.39, 0.29) is 23.2 Å². The normalized spacial score (nSPS) is 31.2. The summed E-state index contributed by atoms with van der Waals surface area (Å²) in [6.07, 6.45) is 4.39. The third-order valence-electron chi connectivity index (χ3n) is 7.11. The fraction of sp³-hybridized carbons (Fsp3) is 0.870. The van der Waals surface area contributed by atoms with Gasteiger partial charge < -0.3 is 14.2 Å². The first kappa shape index (κ1) is 25.0. The van der Waals surface area contributed by atoms with Crippen LogP contribution in [-0.2, 0) is 28.6 Å². The quantitative estimate of drug-likeness (QED) is 0.431. The largest absolute Gasteiger partial charge is 0.458 e. The molecule has 6 unspecified atom stereocenters. The van der Waals surface area contributed by atoms with E-state index in [1.54, 1.807) is 18.7 Å². The Hall–Kier alpha value is -1.24. The molecule has 1 aliphatic heterocycles. The molecule has 0 N–H and O–H groups in total. The van der Waals surface area contributed by atoms with Crippen LogP contribution in [0.4, 0.5) is 0 Å². The molecule has 0 aromatic heterocycles. The monoisotopic (exact) mass is 442 g/mol. The molecule has 0 spiro atoms. The molecule has 1 aliphatic carbocycles. The van der Waals surface area contributed by atoms with Crippen molar-refractivity contribution >= 4 is 29.7 Å². The first-order valence-corrected chi connectivity index (χ1v) is 12.4. The minimum Gasteiger partial charge on any atom is -0.458 e. The molecular formula is C23H38O6S. The summed E-state index contributed by atoms with van der Waals surface area (Å²) in [5.74, 6) is -0.165. The zero-order valence-corrected chi connectivity index (χ0v) is 20.3. The van der Waals surface area contributed by atoms with Gasteiger partial charge in [0.25, 0.3) is 0 Å². The second-order valence-corrected chi connectivity index (χ2v) is 11.0. The summed E-state index contributed by atoms with van der Waals surface area (Å²) in [4.78, 5) is 37.7. The summed E-state index contributed by atoms with van der Waals surface area (Å²) < 4.78 is 16.7. The predicted molar refractivity (Wildman–Crippen MR) is 117 cm³/mol. The maximum absolute atomic E-state index is 12.8. The average molecular weight is 443 g/mol. The number of carbonyl (C=O) groups excluding carboxylic acids is 3. The highest BCUT2D eigenvalue weighted by atomic mass is 32.2. The lowest BCUT2D eigenvalue weighted by molar-refractivity contribution is -0.177. The molecule has 2 fully saturated rings. The molecule has 7 heteroatoms. The van der Waals surface area contributed by atoms with Crippen LogP contribution in [0.3, 0.4) is 0 Å². The lowest BCUT2D eigenvalue weighted by Gasteiger charge is -2.39. The summed E-state index contributed by atoms with van der Waals surface area (Å²) in [6, 6.07) is 0. The van der Waals surface area contributed by atoms with Crippen molar-refractivity contribution in [3.8, 4) is 0 Å². The Bertz CT molecular complexity index is 642. The number of rotatable bonds is 7. The van der Waals surface area contributed by atoms with E-state index in [1.807, 2.05) is 34.0 Å². The Labute approximate surface area is 185 Å². The summed E-state index contributed by atoms with van der Waals surface area (Å²) in [6.45, 7) is 11.3. The number of carbonyl (C=O) groups is 3. The summed E-state index contributed by atoms with van der Waals surface area (Å²) in [5, 5.41) is 0. The smallest absolute Gasteiger partial charge is 0.344 e. The van der Waals surface area contributed by atoms with Gasteiger partial charge in [-0.1, -0.05) is 34.1 Å². The van der Waals surface area contributed by atoms with Crippen LogP contribution in [0.1, 0.15) is 67.2 Å². The molecule has 1 saturated carbocycles. The number of hydrogen-bond donors (Lipinski definition) is 0. The molecule has 2 aliphatic rings. The van der Waals surface area contributed by atoms with Gasteiger partial charge in [0.15, 0.2) is 6.61 Å². The van der Waals surface area contributed by atoms with Crippen molar-refractivity contribution in [2.45, 2.75) is 79.4 Å². The zero-order valence-electron chi connectivity index (χ0n) is 19.5. The Morgan fingerprint density at radius 2 is 1.83 bits per heavy atom. The molecule has 2 bridgehead atoms. The van der Waals surface area contributed by atoms with Gasteiger partial charge in [-0.3, -0.25) is 9.59 Å².